The van der Waals surface area contributed by atoms with E-state index < -0.39 is 25.6 Å². The quantitative estimate of drug-likeness (QED) is 0.515. The van der Waals surface area contributed by atoms with Crippen LogP contribution in [0.4, 0.5) is 0 Å². The first kappa shape index (κ1) is 10.0. The average molecular weight is 375 g/mol. The second-order valence-corrected chi connectivity index (χ2v) is 5.40. The number of hydrogen-bond acceptors (Lipinski definition) is 2. The summed E-state index contributed by atoms with van der Waals surface area (Å²) < 4.78 is 52.3. The van der Waals surface area contributed by atoms with Gasteiger partial charge in [-0.3, -0.25) is 4.90 Å². The molecule has 21 heavy (non-hydrogen) atoms. The van der Waals surface area contributed by atoms with E-state index in [1.54, 1.807) is 0 Å². The summed E-state index contributed by atoms with van der Waals surface area (Å²) in [4.78, 5) is 0.311. The molecular weight excluding hydrogens is 350 g/mol. The van der Waals surface area contributed by atoms with Crippen LogP contribution in [0, 0.1) is 0 Å². The number of halogens is 2. The summed E-state index contributed by atoms with van der Waals surface area (Å²) in [6.45, 7) is -4.74. The summed E-state index contributed by atoms with van der Waals surface area (Å²) in [5, 5.41) is 0. The molecule has 2 unspecified atom stereocenters. The molecule has 0 aliphatic carbocycles. The third-order valence-electron chi connectivity index (χ3n) is 2.89. The minimum Gasteiger partial charge on any atom is -0.367 e. The molecule has 0 heterocycles. The Morgan fingerprint density at radius 1 is 1.19 bits per heavy atom. The van der Waals surface area contributed by atoms with Gasteiger partial charge < -0.3 is 4.74 Å². The smallest absolute Gasteiger partial charge is 0.108 e. The lowest BCUT2D eigenvalue weighted by Gasteiger charge is -2.21. The van der Waals surface area contributed by atoms with Crippen molar-refractivity contribution in [2.45, 2.75) is 6.10 Å². The minimum atomic E-state index is -2.87. The Hall–Kier alpha value is -0.870. The summed E-state index contributed by atoms with van der Waals surface area (Å²) >= 11 is 8.94. The van der Waals surface area contributed by atoms with Crippen molar-refractivity contribution in [2.24, 2.45) is 0 Å². The number of rotatable bonds is 7. The lowest BCUT2D eigenvalue weighted by Crippen LogP contribution is -2.22. The molecule has 0 aliphatic heterocycles. The molecule has 2 aromatic carbocycles. The zero-order valence-electron chi connectivity index (χ0n) is 17.2. The fourth-order valence-electron chi connectivity index (χ4n) is 1.90. The fraction of sp³-hybridized carbons (Fsp3) is 0.294. The van der Waals surface area contributed by atoms with E-state index in [4.69, 9.17) is 24.6 Å². The van der Waals surface area contributed by atoms with Gasteiger partial charge in [0.15, 0.2) is 0 Å². The van der Waals surface area contributed by atoms with Crippen LogP contribution < -0.4 is 0 Å². The number of benzene rings is 2. The van der Waals surface area contributed by atoms with Crippen molar-refractivity contribution < 1.29 is 13.0 Å². The van der Waals surface area contributed by atoms with Crippen LogP contribution in [0.25, 0.3) is 0 Å². The molecule has 0 radical (unpaired) electrons. The molecule has 2 aromatic rings. The van der Waals surface area contributed by atoms with Crippen molar-refractivity contribution in [2.75, 3.05) is 26.1 Å². The predicted octanol–water partition coefficient (Wildman–Crippen LogP) is 4.68. The van der Waals surface area contributed by atoms with Crippen molar-refractivity contribution in [3.8, 4) is 0 Å². The molecule has 4 heteroatoms. The zero-order valence-corrected chi connectivity index (χ0v) is 13.5. The lowest BCUT2D eigenvalue weighted by molar-refractivity contribution is 0.0676. The van der Waals surface area contributed by atoms with Crippen LogP contribution in [0.1, 0.15) is 25.5 Å². The maximum Gasteiger partial charge on any atom is 0.108 e. The largest absolute Gasteiger partial charge is 0.367 e. The van der Waals surface area contributed by atoms with Crippen molar-refractivity contribution in [1.29, 1.82) is 0 Å². The highest BCUT2D eigenvalue weighted by molar-refractivity contribution is 9.10. The maximum absolute atomic E-state index is 8.10. The van der Waals surface area contributed by atoms with Gasteiger partial charge in [-0.1, -0.05) is 58.4 Å². The molecule has 0 saturated carbocycles. The lowest BCUT2D eigenvalue weighted by atomic mass is 10.0. The highest BCUT2D eigenvalue weighted by Gasteiger charge is 2.14. The standard InChI is InChI=1S/C17H19BrClNO/c1-20(13-19)11-12-21-17(14-5-3-2-4-6-14)15-7-9-16(18)10-8-15/h2-10,17H,11-13H2,1H3/i1D3,11D,13D2. The minimum absolute atomic E-state index is 0.311. The van der Waals surface area contributed by atoms with E-state index in [9.17, 15) is 0 Å². The normalized spacial score (nSPS) is 19.6. The van der Waals surface area contributed by atoms with E-state index in [0.29, 0.717) is 4.90 Å². The van der Waals surface area contributed by atoms with Gasteiger partial charge in [-0.25, -0.2) is 0 Å². The molecule has 2 atom stereocenters. The predicted molar refractivity (Wildman–Crippen MR) is 91.7 cm³/mol. The Kier molecular flexibility index (Phi) is 4.07. The average Bonchev–Trinajstić information content (AvgIpc) is 2.55. The molecule has 0 bridgehead atoms. The third-order valence-corrected chi connectivity index (χ3v) is 3.60. The fourth-order valence-corrected chi connectivity index (χ4v) is 2.23. The van der Waals surface area contributed by atoms with Gasteiger partial charge in [-0.2, -0.15) is 0 Å². The Balaban J connectivity index is 2.24. The first-order valence-electron chi connectivity index (χ1n) is 9.40. The van der Waals surface area contributed by atoms with Crippen LogP contribution >= 0.6 is 27.5 Å². The van der Waals surface area contributed by atoms with Gasteiger partial charge in [0, 0.05) is 16.5 Å². The van der Waals surface area contributed by atoms with Gasteiger partial charge in [0.1, 0.15) is 6.10 Å². The van der Waals surface area contributed by atoms with Crippen LogP contribution in [0.2, 0.25) is 0 Å². The molecule has 112 valence electrons. The monoisotopic (exact) mass is 373 g/mol. The SMILES string of the molecule is [2H]C(COC(c1ccccc1)c1ccc(Br)cc1)N(C([2H])([2H])[2H])C([2H])([2H])Cl. The maximum atomic E-state index is 8.10. The number of nitrogens with zero attached hydrogens (tertiary/aromatic N) is 1. The van der Waals surface area contributed by atoms with E-state index in [0.717, 1.165) is 15.6 Å². The Morgan fingerprint density at radius 2 is 1.86 bits per heavy atom. The van der Waals surface area contributed by atoms with Crippen molar-refractivity contribution in [1.82, 2.24) is 4.90 Å². The highest BCUT2D eigenvalue weighted by atomic mass is 79.9. The topological polar surface area (TPSA) is 12.5 Å². The summed E-state index contributed by atoms with van der Waals surface area (Å²) in [7, 11) is 0. The van der Waals surface area contributed by atoms with Crippen molar-refractivity contribution in [3.05, 3.63) is 70.2 Å². The number of ether oxygens (including phenoxy) is 1. The highest BCUT2D eigenvalue weighted by Crippen LogP contribution is 2.27. The molecule has 0 aliphatic rings. The summed E-state index contributed by atoms with van der Waals surface area (Å²) in [5.74, 6) is -2.71. The van der Waals surface area contributed by atoms with Crippen LogP contribution in [-0.4, -0.2) is 31.0 Å². The Morgan fingerprint density at radius 3 is 2.48 bits per heavy atom. The van der Waals surface area contributed by atoms with Crippen LogP contribution in [0.3, 0.4) is 0 Å². The van der Waals surface area contributed by atoms with Crippen molar-refractivity contribution in [3.63, 3.8) is 0 Å². The van der Waals surface area contributed by atoms with Gasteiger partial charge in [-0.15, -0.1) is 11.6 Å². The molecule has 2 rings (SSSR count). The van der Waals surface area contributed by atoms with Gasteiger partial charge in [0.05, 0.1) is 15.3 Å². The Bertz CT molecular complexity index is 709. The molecule has 0 N–H and O–H groups in total. The van der Waals surface area contributed by atoms with Gasteiger partial charge in [0.2, 0.25) is 0 Å². The molecule has 0 fully saturated rings. The Labute approximate surface area is 148 Å². The summed E-state index contributed by atoms with van der Waals surface area (Å²) in [6, 6.07) is 16.8. The molecule has 0 aromatic heterocycles. The van der Waals surface area contributed by atoms with Crippen LogP contribution in [0.15, 0.2) is 59.1 Å². The van der Waals surface area contributed by atoms with Crippen molar-refractivity contribution >= 4 is 27.5 Å². The van der Waals surface area contributed by atoms with Gasteiger partial charge in [-0.05, 0) is 30.2 Å². The van der Waals surface area contributed by atoms with Crippen LogP contribution in [0.5, 0.6) is 0 Å². The summed E-state index contributed by atoms with van der Waals surface area (Å²) in [6.07, 6.45) is -0.535. The second-order valence-electron chi connectivity index (χ2n) is 4.31. The van der Waals surface area contributed by atoms with E-state index in [-0.39, 0.29) is 6.61 Å². The molecule has 2 nitrogen and oxygen atoms in total. The van der Waals surface area contributed by atoms with E-state index in [1.807, 2.05) is 54.6 Å². The first-order valence-corrected chi connectivity index (χ1v) is 7.50. The summed E-state index contributed by atoms with van der Waals surface area (Å²) in [5.41, 5.74) is 1.66. The molecule has 0 saturated heterocycles. The van der Waals surface area contributed by atoms with E-state index in [2.05, 4.69) is 15.9 Å². The van der Waals surface area contributed by atoms with Gasteiger partial charge in [0.25, 0.3) is 0 Å². The molecule has 0 amide bonds. The van der Waals surface area contributed by atoms with Gasteiger partial charge >= 0.3 is 0 Å². The van der Waals surface area contributed by atoms with E-state index >= 15 is 0 Å². The number of hydrogen-bond donors (Lipinski definition) is 0. The third kappa shape index (κ3) is 5.11. The number of likely N-dealkylation sites (N-methyl/N-ethyl adjacent to an activating group) is 1. The molecule has 0 spiro atoms. The zero-order chi connectivity index (χ0) is 20.2. The second kappa shape index (κ2) is 8.54. The molecular formula is C17H19BrClNO. The van der Waals surface area contributed by atoms with E-state index in [1.165, 1.54) is 0 Å². The first-order chi connectivity index (χ1) is 12.5. The number of alkyl halides is 1. The van der Waals surface area contributed by atoms with Crippen LogP contribution in [-0.2, 0) is 4.74 Å².